The minimum absolute atomic E-state index is 0.970. The van der Waals surface area contributed by atoms with E-state index in [1.54, 1.807) is 0 Å². The summed E-state index contributed by atoms with van der Waals surface area (Å²) >= 11 is 0. The molecule has 2 rings (SSSR count). The Hall–Kier alpha value is -2.48. The Bertz CT molecular complexity index is 1310. The molecule has 2 aromatic rings. The van der Waals surface area contributed by atoms with E-state index in [-0.39, 0.29) is 0 Å². The maximum absolute atomic E-state index is 5.44. The molecule has 0 amide bonds. The van der Waals surface area contributed by atoms with Gasteiger partial charge in [-0.3, -0.25) is 4.99 Å². The first kappa shape index (κ1) is 48.7. The highest BCUT2D eigenvalue weighted by Crippen LogP contribution is 2.25. The fourth-order valence-electron chi connectivity index (χ4n) is 8.03. The van der Waals surface area contributed by atoms with E-state index in [4.69, 9.17) is 9.98 Å². The monoisotopic (exact) mass is 753 g/mol. The van der Waals surface area contributed by atoms with E-state index in [9.17, 15) is 0 Å². The van der Waals surface area contributed by atoms with Crippen LogP contribution in [-0.4, -0.2) is 11.4 Å². The molecular formula is C53H88N2. The third-order valence-corrected chi connectivity index (χ3v) is 11.3. The van der Waals surface area contributed by atoms with Gasteiger partial charge in [-0.2, -0.15) is 0 Å². The molecule has 2 heteroatoms. The maximum Gasteiger partial charge on any atom is 0.0848 e. The smallest absolute Gasteiger partial charge is 0.0848 e. The second kappa shape index (κ2) is 33.6. The molecule has 0 saturated carbocycles. The van der Waals surface area contributed by atoms with Crippen molar-refractivity contribution in [2.45, 2.75) is 241 Å². The first-order chi connectivity index (χ1) is 27.1. The standard InChI is InChI=1S/C53H88N2/c1-7-13-15-17-18-19-20-21-22-23-24-25-26-27-28-29-30-31-33-39-53(55-51-43-41-47(35-10-4)49(45-51)37-12-6)52(38-32-16-14-8-2)54-50-42-40-46(34-9-3)48(44-50)36-11-5/h33,39-45H,7-32,34-38H2,1-6H3/b39-33+,54-52?,55-53?. The molecule has 2 aromatic carbocycles. The van der Waals surface area contributed by atoms with Crippen LogP contribution in [0.25, 0.3) is 0 Å². The Morgan fingerprint density at radius 3 is 1.22 bits per heavy atom. The summed E-state index contributed by atoms with van der Waals surface area (Å²) in [5.41, 5.74) is 10.3. The van der Waals surface area contributed by atoms with Crippen LogP contribution in [0.3, 0.4) is 0 Å². The third-order valence-electron chi connectivity index (χ3n) is 11.3. The first-order valence-electron chi connectivity index (χ1n) is 24.2. The topological polar surface area (TPSA) is 24.7 Å². The number of rotatable bonds is 35. The second-order valence-electron chi connectivity index (χ2n) is 16.6. The van der Waals surface area contributed by atoms with Crippen molar-refractivity contribution in [3.63, 3.8) is 0 Å². The van der Waals surface area contributed by atoms with Gasteiger partial charge in [0.2, 0.25) is 0 Å². The van der Waals surface area contributed by atoms with Gasteiger partial charge in [0.25, 0.3) is 0 Å². The highest BCUT2D eigenvalue weighted by Gasteiger charge is 2.11. The molecule has 0 heterocycles. The summed E-state index contributed by atoms with van der Waals surface area (Å²) in [5, 5.41) is 0. The van der Waals surface area contributed by atoms with Crippen LogP contribution >= 0.6 is 0 Å². The molecule has 0 radical (unpaired) electrons. The van der Waals surface area contributed by atoms with E-state index in [0.717, 1.165) is 80.6 Å². The van der Waals surface area contributed by atoms with Gasteiger partial charge in [-0.15, -0.1) is 0 Å². The van der Waals surface area contributed by atoms with E-state index < -0.39 is 0 Å². The van der Waals surface area contributed by atoms with Crippen LogP contribution in [-0.2, 0) is 25.7 Å². The van der Waals surface area contributed by atoms with Gasteiger partial charge < -0.3 is 0 Å². The van der Waals surface area contributed by atoms with Crippen molar-refractivity contribution in [1.29, 1.82) is 0 Å². The number of unbranched alkanes of at least 4 members (excludes halogenated alkanes) is 20. The van der Waals surface area contributed by atoms with Crippen LogP contribution in [0, 0.1) is 0 Å². The Morgan fingerprint density at radius 2 is 0.782 bits per heavy atom. The van der Waals surface area contributed by atoms with Gasteiger partial charge in [0.15, 0.2) is 0 Å². The van der Waals surface area contributed by atoms with Gasteiger partial charge in [0, 0.05) is 0 Å². The summed E-state index contributed by atoms with van der Waals surface area (Å²) < 4.78 is 0. The second-order valence-corrected chi connectivity index (χ2v) is 16.6. The average Bonchev–Trinajstić information content (AvgIpc) is 3.18. The van der Waals surface area contributed by atoms with Gasteiger partial charge in [-0.05, 0) is 104 Å². The largest absolute Gasteiger partial charge is 0.251 e. The third kappa shape index (κ3) is 22.8. The molecule has 310 valence electrons. The molecule has 55 heavy (non-hydrogen) atoms. The molecule has 0 aliphatic rings. The number of hydrogen-bond acceptors (Lipinski definition) is 2. The van der Waals surface area contributed by atoms with Crippen LogP contribution in [0.15, 0.2) is 58.5 Å². The van der Waals surface area contributed by atoms with E-state index in [0.29, 0.717) is 0 Å². The van der Waals surface area contributed by atoms with Crippen LogP contribution in [0.2, 0.25) is 0 Å². The van der Waals surface area contributed by atoms with Crippen molar-refractivity contribution in [2.24, 2.45) is 9.98 Å². The Balaban J connectivity index is 2.09. The molecule has 0 aromatic heterocycles. The van der Waals surface area contributed by atoms with Crippen LogP contribution in [0.5, 0.6) is 0 Å². The average molecular weight is 753 g/mol. The Morgan fingerprint density at radius 1 is 0.400 bits per heavy atom. The molecular weight excluding hydrogens is 665 g/mol. The van der Waals surface area contributed by atoms with Crippen molar-refractivity contribution >= 4 is 22.8 Å². The Kier molecular flexibility index (Phi) is 29.8. The highest BCUT2D eigenvalue weighted by atomic mass is 14.8. The zero-order valence-electron chi connectivity index (χ0n) is 37.4. The van der Waals surface area contributed by atoms with Crippen molar-refractivity contribution in [3.05, 3.63) is 70.8 Å². The van der Waals surface area contributed by atoms with Crippen LogP contribution < -0.4 is 0 Å². The van der Waals surface area contributed by atoms with Crippen molar-refractivity contribution in [1.82, 2.24) is 0 Å². The fraction of sp³-hybridized carbons (Fsp3) is 0.698. The highest BCUT2D eigenvalue weighted by molar-refractivity contribution is 6.47. The summed E-state index contributed by atoms with van der Waals surface area (Å²) in [6.07, 6.45) is 45.0. The molecule has 0 saturated heterocycles. The van der Waals surface area contributed by atoms with Crippen LogP contribution in [0.4, 0.5) is 11.4 Å². The van der Waals surface area contributed by atoms with Crippen molar-refractivity contribution in [3.8, 4) is 0 Å². The molecule has 0 aliphatic heterocycles. The number of aryl methyl sites for hydroxylation is 4. The van der Waals surface area contributed by atoms with Gasteiger partial charge in [0.05, 0.1) is 22.8 Å². The van der Waals surface area contributed by atoms with Crippen molar-refractivity contribution < 1.29 is 0 Å². The number of allylic oxidation sites excluding steroid dienone is 2. The lowest BCUT2D eigenvalue weighted by molar-refractivity contribution is 0.527. The van der Waals surface area contributed by atoms with E-state index in [1.165, 1.54) is 164 Å². The summed E-state index contributed by atoms with van der Waals surface area (Å²) in [6.45, 7) is 13.8. The summed E-state index contributed by atoms with van der Waals surface area (Å²) in [6, 6.07) is 13.9. The SMILES string of the molecule is CCCCCCCCCCCCCCCCCCC/C=C/C(=Nc1ccc(CCC)c(CCC)c1)C(CCCCCC)=Nc1ccc(CCC)c(CCC)c1. The normalized spacial score (nSPS) is 12.4. The number of hydrogen-bond donors (Lipinski definition) is 0. The molecule has 0 unspecified atom stereocenters. The minimum atomic E-state index is 0.970. The summed E-state index contributed by atoms with van der Waals surface area (Å²) in [7, 11) is 0. The quantitative estimate of drug-likeness (QED) is 0.0495. The number of aliphatic imine (C=N–C) groups is 2. The van der Waals surface area contributed by atoms with E-state index >= 15 is 0 Å². The fourth-order valence-corrected chi connectivity index (χ4v) is 8.03. The van der Waals surface area contributed by atoms with Crippen LogP contribution in [0.1, 0.15) is 237 Å². The lowest BCUT2D eigenvalue weighted by Gasteiger charge is -2.13. The van der Waals surface area contributed by atoms with Gasteiger partial charge in [0.1, 0.15) is 0 Å². The molecule has 0 spiro atoms. The molecule has 0 atom stereocenters. The van der Waals surface area contributed by atoms with Crippen molar-refractivity contribution in [2.75, 3.05) is 0 Å². The molecule has 0 aliphatic carbocycles. The molecule has 0 bridgehead atoms. The number of nitrogens with zero attached hydrogens (tertiary/aromatic N) is 2. The summed E-state index contributed by atoms with van der Waals surface area (Å²) in [5.74, 6) is 0. The molecule has 2 nitrogen and oxygen atoms in total. The number of benzene rings is 2. The van der Waals surface area contributed by atoms with E-state index in [2.05, 4.69) is 90.1 Å². The molecule has 0 N–H and O–H groups in total. The lowest BCUT2D eigenvalue weighted by Crippen LogP contribution is -2.12. The zero-order valence-corrected chi connectivity index (χ0v) is 37.4. The predicted molar refractivity (Wildman–Crippen MR) is 250 cm³/mol. The molecule has 0 fully saturated rings. The Labute approximate surface area is 343 Å². The maximum atomic E-state index is 5.44. The van der Waals surface area contributed by atoms with Gasteiger partial charge in [-0.25, -0.2) is 4.99 Å². The summed E-state index contributed by atoms with van der Waals surface area (Å²) in [4.78, 5) is 10.9. The first-order valence-corrected chi connectivity index (χ1v) is 24.2. The van der Waals surface area contributed by atoms with E-state index in [1.807, 2.05) is 0 Å². The minimum Gasteiger partial charge on any atom is -0.251 e. The van der Waals surface area contributed by atoms with Gasteiger partial charge in [-0.1, -0.05) is 207 Å². The lowest BCUT2D eigenvalue weighted by atomic mass is 9.98. The zero-order chi connectivity index (χ0) is 39.6. The van der Waals surface area contributed by atoms with Gasteiger partial charge >= 0.3 is 0 Å². The predicted octanol–water partition coefficient (Wildman–Crippen LogP) is 17.9.